The maximum Gasteiger partial charge on any atom is 0.104 e. The van der Waals surface area contributed by atoms with Crippen LogP contribution in [0, 0.1) is 0 Å². The molecule has 1 rings (SSSR count). The first-order valence-corrected chi connectivity index (χ1v) is 4.93. The summed E-state index contributed by atoms with van der Waals surface area (Å²) in [5, 5.41) is 15.2. The molecule has 0 amide bonds. The molecule has 1 fully saturated rings. The fourth-order valence-corrected chi connectivity index (χ4v) is 0.447. The summed E-state index contributed by atoms with van der Waals surface area (Å²) in [5.41, 5.74) is 1.22. The minimum atomic E-state index is -0.125. The van der Waals surface area contributed by atoms with E-state index in [0.29, 0.717) is 12.7 Å². The molecule has 1 atom stereocenters. The van der Waals surface area contributed by atoms with Crippen molar-refractivity contribution in [1.82, 2.24) is 0 Å². The lowest BCUT2D eigenvalue weighted by molar-refractivity contribution is 0.141. The molecule has 1 heterocycles. The van der Waals surface area contributed by atoms with E-state index in [2.05, 4.69) is 13.2 Å². The van der Waals surface area contributed by atoms with Crippen LogP contribution in [0.15, 0.2) is 24.8 Å². The Kier molecular flexibility index (Phi) is 18.2. The molecular weight excluding hydrogens is 220 g/mol. The van der Waals surface area contributed by atoms with Gasteiger partial charge in [0, 0.05) is 0 Å². The zero-order chi connectivity index (χ0) is 11.9. The fourth-order valence-electron chi connectivity index (χ4n) is 0.447. The summed E-state index contributed by atoms with van der Waals surface area (Å²) < 4.78 is 9.96. The number of rotatable bonds is 5. The van der Waals surface area contributed by atoms with Crippen LogP contribution in [0.1, 0.15) is 0 Å². The fraction of sp³-hybridized carbons (Fsp3) is 0.600. The number of aliphatic hydroxyl groups excluding tert-OH is 2. The smallest absolute Gasteiger partial charge is 0.104 e. The molecule has 0 spiro atoms. The van der Waals surface area contributed by atoms with Gasteiger partial charge in [-0.05, 0) is 5.54 Å². The summed E-state index contributed by atoms with van der Waals surface area (Å²) in [4.78, 5) is 0. The summed E-state index contributed by atoms with van der Waals surface area (Å²) in [6, 6.07) is 0. The van der Waals surface area contributed by atoms with Gasteiger partial charge in [-0.25, -0.2) is 0 Å². The third kappa shape index (κ3) is 24.7. The van der Waals surface area contributed by atoms with Gasteiger partial charge < -0.3 is 19.7 Å². The molecule has 0 bridgehead atoms. The molecule has 4 nitrogen and oxygen atoms in total. The van der Waals surface area contributed by atoms with E-state index >= 15 is 0 Å². The average molecular weight is 239 g/mol. The molecule has 1 aliphatic rings. The van der Waals surface area contributed by atoms with Crippen LogP contribution in [-0.2, 0) is 9.47 Å². The number of epoxide rings is 1. The van der Waals surface area contributed by atoms with Gasteiger partial charge in [0.1, 0.15) is 6.10 Å². The lowest BCUT2D eigenvalue weighted by atomic mass is 10.5. The highest BCUT2D eigenvalue weighted by molar-refractivity contribution is 6.25. The number of hydrogen-bond donors (Lipinski definition) is 2. The quantitative estimate of drug-likeness (QED) is 0.425. The molecule has 0 aliphatic carbocycles. The van der Waals surface area contributed by atoms with Crippen LogP contribution in [0.3, 0.4) is 0 Å². The topological polar surface area (TPSA) is 62.2 Å². The Balaban J connectivity index is 0. The van der Waals surface area contributed by atoms with Crippen molar-refractivity contribution in [1.29, 1.82) is 0 Å². The van der Waals surface area contributed by atoms with Crippen molar-refractivity contribution in [2.45, 2.75) is 6.10 Å². The van der Waals surface area contributed by atoms with Crippen molar-refractivity contribution in [3.8, 4) is 0 Å². The lowest BCUT2D eigenvalue weighted by Crippen LogP contribution is -2.00. The van der Waals surface area contributed by atoms with Crippen molar-refractivity contribution < 1.29 is 19.7 Å². The first-order valence-electron chi connectivity index (χ1n) is 4.49. The molecule has 0 saturated carbocycles. The Morgan fingerprint density at radius 1 is 1.40 bits per heavy atom. The van der Waals surface area contributed by atoms with Gasteiger partial charge in [-0.15, -0.1) is 6.58 Å². The maximum absolute atomic E-state index is 7.62. The van der Waals surface area contributed by atoms with Crippen molar-refractivity contribution in [2.24, 2.45) is 0 Å². The van der Waals surface area contributed by atoms with Crippen LogP contribution < -0.4 is 0 Å². The molecule has 90 valence electrons. The first-order chi connectivity index (χ1) is 7.26. The van der Waals surface area contributed by atoms with Gasteiger partial charge in [0.25, 0.3) is 0 Å². The second-order valence-corrected chi connectivity index (χ2v) is 2.69. The zero-order valence-electron chi connectivity index (χ0n) is 8.77. The Morgan fingerprint density at radius 2 is 1.87 bits per heavy atom. The summed E-state index contributed by atoms with van der Waals surface area (Å²) >= 11 is 4.76. The third-order valence-corrected chi connectivity index (χ3v) is 1.04. The Labute approximate surface area is 95.8 Å². The average Bonchev–Trinajstić information content (AvgIpc) is 3.04. The van der Waals surface area contributed by atoms with Gasteiger partial charge in [0.2, 0.25) is 0 Å². The predicted octanol–water partition coefficient (Wildman–Crippen LogP) is 0.927. The van der Waals surface area contributed by atoms with Gasteiger partial charge in [-0.3, -0.25) is 0 Å². The lowest BCUT2D eigenvalue weighted by Gasteiger charge is -1.92. The molecular formula is C10H19ClO4. The highest BCUT2D eigenvalue weighted by Gasteiger charge is 2.21. The van der Waals surface area contributed by atoms with Crippen LogP contribution in [0.25, 0.3) is 0 Å². The van der Waals surface area contributed by atoms with E-state index in [9.17, 15) is 0 Å². The molecule has 0 aromatic rings. The third-order valence-electron chi connectivity index (χ3n) is 1.04. The first kappa shape index (κ1) is 17.0. The van der Waals surface area contributed by atoms with Gasteiger partial charge in [0.05, 0.1) is 33.0 Å². The maximum atomic E-state index is 7.62. The van der Waals surface area contributed by atoms with E-state index in [1.54, 1.807) is 6.08 Å². The van der Waals surface area contributed by atoms with E-state index in [1.165, 1.54) is 5.54 Å². The minimum absolute atomic E-state index is 0.125. The number of ether oxygens (including phenoxy) is 2. The largest absolute Gasteiger partial charge is 0.394 e. The van der Waals surface area contributed by atoms with E-state index in [-0.39, 0.29) is 13.2 Å². The highest BCUT2D eigenvalue weighted by atomic mass is 35.5. The monoisotopic (exact) mass is 238 g/mol. The second kappa shape index (κ2) is 16.1. The van der Waals surface area contributed by atoms with E-state index in [4.69, 9.17) is 31.3 Å². The molecule has 0 radical (unpaired) electrons. The summed E-state index contributed by atoms with van der Waals surface area (Å²) in [7, 11) is 0. The molecule has 2 N–H and O–H groups in total. The molecule has 5 heteroatoms. The van der Waals surface area contributed by atoms with Crippen LogP contribution >= 0.6 is 11.6 Å². The normalized spacial score (nSPS) is 16.3. The second-order valence-electron chi connectivity index (χ2n) is 2.38. The van der Waals surface area contributed by atoms with Crippen LogP contribution in [0.2, 0.25) is 0 Å². The Bertz CT molecular complexity index is 135. The number of hydrogen-bond acceptors (Lipinski definition) is 4. The molecule has 1 aliphatic heterocycles. The van der Waals surface area contributed by atoms with E-state index in [0.717, 1.165) is 13.2 Å². The molecule has 15 heavy (non-hydrogen) atoms. The van der Waals surface area contributed by atoms with Gasteiger partial charge in [-0.1, -0.05) is 24.3 Å². The van der Waals surface area contributed by atoms with Crippen LogP contribution in [-0.4, -0.2) is 49.4 Å². The standard InChI is InChI=1S/C6H10O2.C2H3Cl.C2H6O2/c1-2-3-7-4-6-5-8-6;1-2-3;3-1-2-4/h2,6H,1,3-5H2;2H,1H2;3-4H,1-2H2. The molecule has 0 aromatic heterocycles. The van der Waals surface area contributed by atoms with Crippen molar-refractivity contribution >= 4 is 11.6 Å². The van der Waals surface area contributed by atoms with E-state index in [1.807, 2.05) is 0 Å². The Hall–Kier alpha value is -0.390. The molecule has 1 unspecified atom stereocenters. The van der Waals surface area contributed by atoms with Crippen LogP contribution in [0.5, 0.6) is 0 Å². The van der Waals surface area contributed by atoms with Crippen molar-refractivity contribution in [2.75, 3.05) is 33.0 Å². The summed E-state index contributed by atoms with van der Waals surface area (Å²) in [6.45, 7) is 8.63. The number of halogens is 1. The molecule has 0 aromatic carbocycles. The van der Waals surface area contributed by atoms with Gasteiger partial charge in [0.15, 0.2) is 0 Å². The summed E-state index contributed by atoms with van der Waals surface area (Å²) in [5.74, 6) is 0. The van der Waals surface area contributed by atoms with Crippen molar-refractivity contribution in [3.05, 3.63) is 24.8 Å². The minimum Gasteiger partial charge on any atom is -0.394 e. The van der Waals surface area contributed by atoms with Gasteiger partial charge >= 0.3 is 0 Å². The summed E-state index contributed by atoms with van der Waals surface area (Å²) in [6.07, 6.45) is 2.12. The SMILES string of the molecule is C=CCOCC1CO1.C=CCl.OCCO. The zero-order valence-corrected chi connectivity index (χ0v) is 9.53. The predicted molar refractivity (Wildman–Crippen MR) is 61.0 cm³/mol. The molecule has 1 saturated heterocycles. The Morgan fingerprint density at radius 3 is 2.13 bits per heavy atom. The highest BCUT2D eigenvalue weighted by Crippen LogP contribution is 2.07. The van der Waals surface area contributed by atoms with E-state index < -0.39 is 0 Å². The van der Waals surface area contributed by atoms with Crippen LogP contribution in [0.4, 0.5) is 0 Å². The number of aliphatic hydroxyl groups is 2. The van der Waals surface area contributed by atoms with Gasteiger partial charge in [-0.2, -0.15) is 0 Å². The van der Waals surface area contributed by atoms with Crippen molar-refractivity contribution in [3.63, 3.8) is 0 Å².